The molecule has 1 aromatic heterocycles. The molecule has 0 aliphatic heterocycles. The number of carbonyl (C=O) groups is 1. The lowest BCUT2D eigenvalue weighted by Crippen LogP contribution is -2.37. The van der Waals surface area contributed by atoms with E-state index in [-0.39, 0.29) is 17.7 Å². The predicted octanol–water partition coefficient (Wildman–Crippen LogP) is 4.50. The van der Waals surface area contributed by atoms with Crippen LogP contribution in [0.5, 0.6) is 5.75 Å². The van der Waals surface area contributed by atoms with Gasteiger partial charge in [0.05, 0.1) is 12.9 Å². The zero-order valence-electron chi connectivity index (χ0n) is 18.0. The number of nitrogens with one attached hydrogen (secondary N) is 1. The first-order valence-corrected chi connectivity index (χ1v) is 11.0. The van der Waals surface area contributed by atoms with Crippen molar-refractivity contribution in [2.45, 2.75) is 38.9 Å². The van der Waals surface area contributed by atoms with E-state index in [9.17, 15) is 4.79 Å². The number of amides is 1. The molecule has 0 aliphatic rings. The standard InChI is InChI=1S/C23H28N4O2S/c1-15(2)17(4)24-21(28)14-30-23-26-25-22(18-8-12-20(29-5)13-9-18)27(23)19-10-6-16(3)7-11-19/h6-13,15,17H,14H2,1-5H3,(H,24,28). The maximum Gasteiger partial charge on any atom is 0.230 e. The van der Waals surface area contributed by atoms with Crippen molar-refractivity contribution in [1.29, 1.82) is 0 Å². The average Bonchev–Trinajstić information content (AvgIpc) is 3.16. The molecule has 0 fully saturated rings. The van der Waals surface area contributed by atoms with Crippen LogP contribution in [0.25, 0.3) is 17.1 Å². The van der Waals surface area contributed by atoms with Crippen LogP contribution in [-0.2, 0) is 4.79 Å². The summed E-state index contributed by atoms with van der Waals surface area (Å²) in [6, 6.07) is 16.0. The molecule has 3 rings (SSSR count). The molecular weight excluding hydrogens is 396 g/mol. The highest BCUT2D eigenvalue weighted by Crippen LogP contribution is 2.29. The van der Waals surface area contributed by atoms with Gasteiger partial charge in [0.25, 0.3) is 0 Å². The van der Waals surface area contributed by atoms with Crippen molar-refractivity contribution in [2.75, 3.05) is 12.9 Å². The number of aromatic nitrogens is 3. The van der Waals surface area contributed by atoms with Crippen molar-refractivity contribution in [2.24, 2.45) is 5.92 Å². The second-order valence-electron chi connectivity index (χ2n) is 7.59. The van der Waals surface area contributed by atoms with Crippen molar-refractivity contribution in [3.05, 3.63) is 54.1 Å². The van der Waals surface area contributed by atoms with E-state index in [1.165, 1.54) is 17.3 Å². The Kier molecular flexibility index (Phi) is 7.15. The number of methoxy groups -OCH3 is 1. The van der Waals surface area contributed by atoms with Gasteiger partial charge in [-0.05, 0) is 56.2 Å². The van der Waals surface area contributed by atoms with E-state index in [4.69, 9.17) is 4.74 Å². The highest BCUT2D eigenvalue weighted by molar-refractivity contribution is 7.99. The number of thioether (sulfide) groups is 1. The molecule has 2 aromatic carbocycles. The minimum Gasteiger partial charge on any atom is -0.497 e. The number of carbonyl (C=O) groups excluding carboxylic acids is 1. The molecule has 1 N–H and O–H groups in total. The molecule has 0 spiro atoms. The molecule has 0 bridgehead atoms. The molecule has 0 radical (unpaired) electrons. The maximum absolute atomic E-state index is 12.4. The molecule has 1 atom stereocenters. The van der Waals surface area contributed by atoms with E-state index >= 15 is 0 Å². The Morgan fingerprint density at radius 2 is 1.73 bits per heavy atom. The van der Waals surface area contributed by atoms with Crippen molar-refractivity contribution in [3.63, 3.8) is 0 Å². The average molecular weight is 425 g/mol. The van der Waals surface area contributed by atoms with Crippen molar-refractivity contribution in [3.8, 4) is 22.8 Å². The van der Waals surface area contributed by atoms with Gasteiger partial charge in [-0.1, -0.05) is 43.3 Å². The third kappa shape index (κ3) is 5.21. The highest BCUT2D eigenvalue weighted by atomic mass is 32.2. The van der Waals surface area contributed by atoms with Crippen LogP contribution in [0, 0.1) is 12.8 Å². The number of hydrogen-bond acceptors (Lipinski definition) is 5. The number of hydrogen-bond donors (Lipinski definition) is 1. The highest BCUT2D eigenvalue weighted by Gasteiger charge is 2.18. The Bertz CT molecular complexity index is 981. The van der Waals surface area contributed by atoms with Gasteiger partial charge in [-0.15, -0.1) is 10.2 Å². The molecule has 7 heteroatoms. The number of rotatable bonds is 8. The van der Waals surface area contributed by atoms with Crippen molar-refractivity contribution in [1.82, 2.24) is 20.1 Å². The van der Waals surface area contributed by atoms with Crippen LogP contribution in [0.3, 0.4) is 0 Å². The Morgan fingerprint density at radius 3 is 2.33 bits per heavy atom. The molecule has 6 nitrogen and oxygen atoms in total. The molecule has 30 heavy (non-hydrogen) atoms. The number of aryl methyl sites for hydroxylation is 1. The lowest BCUT2D eigenvalue weighted by atomic mass is 10.1. The summed E-state index contributed by atoms with van der Waals surface area (Å²) in [5.41, 5.74) is 3.05. The first kappa shape index (κ1) is 21.9. The van der Waals surface area contributed by atoms with E-state index in [1.807, 2.05) is 47.9 Å². The molecule has 1 heterocycles. The minimum absolute atomic E-state index is 0.00865. The van der Waals surface area contributed by atoms with Gasteiger partial charge in [-0.3, -0.25) is 9.36 Å². The summed E-state index contributed by atoms with van der Waals surface area (Å²) < 4.78 is 7.25. The Hall–Kier alpha value is -2.80. The van der Waals surface area contributed by atoms with Gasteiger partial charge in [0, 0.05) is 17.3 Å². The van der Waals surface area contributed by atoms with Crippen LogP contribution in [0.15, 0.2) is 53.7 Å². The smallest absolute Gasteiger partial charge is 0.230 e. The van der Waals surface area contributed by atoms with E-state index in [1.54, 1.807) is 7.11 Å². The molecule has 0 saturated heterocycles. The third-order valence-electron chi connectivity index (χ3n) is 4.99. The van der Waals surface area contributed by atoms with Crippen LogP contribution in [-0.4, -0.2) is 39.6 Å². The third-order valence-corrected chi connectivity index (χ3v) is 5.92. The van der Waals surface area contributed by atoms with Gasteiger partial charge in [0.2, 0.25) is 5.91 Å². The van der Waals surface area contributed by atoms with E-state index in [2.05, 4.69) is 48.4 Å². The van der Waals surface area contributed by atoms with E-state index in [0.29, 0.717) is 11.1 Å². The van der Waals surface area contributed by atoms with Crippen molar-refractivity contribution >= 4 is 17.7 Å². The summed E-state index contributed by atoms with van der Waals surface area (Å²) >= 11 is 1.38. The molecule has 0 aliphatic carbocycles. The second-order valence-corrected chi connectivity index (χ2v) is 8.54. The van der Waals surface area contributed by atoms with E-state index in [0.717, 1.165) is 22.8 Å². The topological polar surface area (TPSA) is 69.0 Å². The first-order chi connectivity index (χ1) is 14.4. The van der Waals surface area contributed by atoms with Gasteiger partial charge in [0.15, 0.2) is 11.0 Å². The fourth-order valence-corrected chi connectivity index (χ4v) is 3.57. The van der Waals surface area contributed by atoms with Gasteiger partial charge in [-0.25, -0.2) is 0 Å². The van der Waals surface area contributed by atoms with Crippen molar-refractivity contribution < 1.29 is 9.53 Å². The summed E-state index contributed by atoms with van der Waals surface area (Å²) in [7, 11) is 1.64. The minimum atomic E-state index is -0.00865. The Balaban J connectivity index is 1.90. The Morgan fingerprint density at radius 1 is 1.07 bits per heavy atom. The van der Waals surface area contributed by atoms with Crippen LogP contribution in [0.2, 0.25) is 0 Å². The van der Waals surface area contributed by atoms with Crippen LogP contribution in [0.4, 0.5) is 0 Å². The van der Waals surface area contributed by atoms with Gasteiger partial charge in [-0.2, -0.15) is 0 Å². The normalized spacial score (nSPS) is 12.1. The summed E-state index contributed by atoms with van der Waals surface area (Å²) in [6.07, 6.45) is 0. The molecule has 1 amide bonds. The quantitative estimate of drug-likeness (QED) is 0.539. The fraction of sp³-hybridized carbons (Fsp3) is 0.348. The zero-order valence-corrected chi connectivity index (χ0v) is 18.9. The lowest BCUT2D eigenvalue weighted by molar-refractivity contribution is -0.119. The van der Waals surface area contributed by atoms with Crippen LogP contribution >= 0.6 is 11.8 Å². The molecule has 158 valence electrons. The molecule has 0 saturated carbocycles. The Labute approximate surface area is 182 Å². The van der Waals surface area contributed by atoms with E-state index < -0.39 is 0 Å². The first-order valence-electron chi connectivity index (χ1n) is 9.98. The molecule has 1 unspecified atom stereocenters. The van der Waals surface area contributed by atoms with Crippen LogP contribution < -0.4 is 10.1 Å². The molecular formula is C23H28N4O2S. The van der Waals surface area contributed by atoms with Crippen LogP contribution in [0.1, 0.15) is 26.3 Å². The molecule has 3 aromatic rings. The number of nitrogens with zero attached hydrogens (tertiary/aromatic N) is 3. The number of ether oxygens (including phenoxy) is 1. The monoisotopic (exact) mass is 424 g/mol. The SMILES string of the molecule is COc1ccc(-c2nnc(SCC(=O)NC(C)C(C)C)n2-c2ccc(C)cc2)cc1. The van der Waals surface area contributed by atoms with Gasteiger partial charge < -0.3 is 10.1 Å². The summed E-state index contributed by atoms with van der Waals surface area (Å²) in [5.74, 6) is 2.16. The summed E-state index contributed by atoms with van der Waals surface area (Å²) in [6.45, 7) is 8.25. The summed E-state index contributed by atoms with van der Waals surface area (Å²) in [5, 5.41) is 12.5. The lowest BCUT2D eigenvalue weighted by Gasteiger charge is -2.17. The van der Waals surface area contributed by atoms with Gasteiger partial charge in [0.1, 0.15) is 5.75 Å². The summed E-state index contributed by atoms with van der Waals surface area (Å²) in [4.78, 5) is 12.4. The van der Waals surface area contributed by atoms with Gasteiger partial charge >= 0.3 is 0 Å². The second kappa shape index (κ2) is 9.80. The fourth-order valence-electron chi connectivity index (χ4n) is 2.81. The predicted molar refractivity (Wildman–Crippen MR) is 121 cm³/mol. The number of benzene rings is 2. The largest absolute Gasteiger partial charge is 0.497 e. The zero-order chi connectivity index (χ0) is 21.7. The maximum atomic E-state index is 12.4.